The van der Waals surface area contributed by atoms with Crippen LogP contribution in [0.3, 0.4) is 0 Å². The molecule has 0 spiro atoms. The van der Waals surface area contributed by atoms with Gasteiger partial charge in [0, 0.05) is 27.1 Å². The lowest BCUT2D eigenvalue weighted by atomic mass is 10.2. The maximum Gasteiger partial charge on any atom is 0.228 e. The number of hydrogen-bond donors (Lipinski definition) is 0. The number of carbonyl (C=O) groups excluding carboxylic acids is 1. The zero-order chi connectivity index (χ0) is 7.61. The molecule has 0 aromatic rings. The zero-order valence-electron chi connectivity index (χ0n) is 6.35. The first kappa shape index (κ1) is 7.69. The zero-order valence-corrected chi connectivity index (χ0v) is 6.35. The van der Waals surface area contributed by atoms with Gasteiger partial charge in [-0.25, -0.2) is 0 Å². The van der Waals surface area contributed by atoms with Gasteiger partial charge in [0.2, 0.25) is 5.79 Å². The van der Waals surface area contributed by atoms with E-state index in [1.54, 1.807) is 0 Å². The lowest BCUT2D eigenvalue weighted by Crippen LogP contribution is -2.37. The highest BCUT2D eigenvalue weighted by molar-refractivity contribution is 5.87. The van der Waals surface area contributed by atoms with Crippen LogP contribution in [0.2, 0.25) is 0 Å². The summed E-state index contributed by atoms with van der Waals surface area (Å²) in [5.41, 5.74) is 0. The number of hydrogen-bond acceptors (Lipinski definition) is 3. The van der Waals surface area contributed by atoms with Gasteiger partial charge in [0.15, 0.2) is 5.78 Å². The van der Waals surface area contributed by atoms with Crippen LogP contribution in [0.1, 0.15) is 19.3 Å². The molecule has 0 aromatic carbocycles. The van der Waals surface area contributed by atoms with Gasteiger partial charge in [-0.1, -0.05) is 0 Å². The fourth-order valence-corrected chi connectivity index (χ4v) is 1.33. The normalized spacial score (nSPS) is 23.6. The first-order chi connectivity index (χ1) is 4.75. The molecule has 10 heavy (non-hydrogen) atoms. The van der Waals surface area contributed by atoms with Crippen molar-refractivity contribution in [1.29, 1.82) is 0 Å². The summed E-state index contributed by atoms with van der Waals surface area (Å²) < 4.78 is 9.98. The van der Waals surface area contributed by atoms with Gasteiger partial charge in [-0.3, -0.25) is 4.79 Å². The highest BCUT2D eigenvalue weighted by Gasteiger charge is 2.42. The molecule has 58 valence electrons. The molecular formula is C7H12O3. The first-order valence-electron chi connectivity index (χ1n) is 3.39. The minimum Gasteiger partial charge on any atom is -0.347 e. The van der Waals surface area contributed by atoms with E-state index >= 15 is 0 Å². The smallest absolute Gasteiger partial charge is 0.228 e. The third-order valence-electron chi connectivity index (χ3n) is 1.99. The van der Waals surface area contributed by atoms with Gasteiger partial charge >= 0.3 is 0 Å². The van der Waals surface area contributed by atoms with Crippen LogP contribution < -0.4 is 0 Å². The van der Waals surface area contributed by atoms with E-state index in [-0.39, 0.29) is 5.78 Å². The Morgan fingerprint density at radius 1 is 1.40 bits per heavy atom. The van der Waals surface area contributed by atoms with Crippen molar-refractivity contribution in [1.82, 2.24) is 0 Å². The SMILES string of the molecule is COC1(OC)CCCC1=O. The second kappa shape index (κ2) is 2.68. The van der Waals surface area contributed by atoms with E-state index in [1.165, 1.54) is 14.2 Å². The average Bonchev–Trinajstić information content (AvgIpc) is 2.32. The van der Waals surface area contributed by atoms with E-state index in [0.717, 1.165) is 6.42 Å². The van der Waals surface area contributed by atoms with Crippen LogP contribution in [0.15, 0.2) is 0 Å². The summed E-state index contributed by atoms with van der Waals surface area (Å²) in [6, 6.07) is 0. The summed E-state index contributed by atoms with van der Waals surface area (Å²) in [5.74, 6) is -0.836. The van der Waals surface area contributed by atoms with Crippen molar-refractivity contribution in [3.05, 3.63) is 0 Å². The molecule has 3 heteroatoms. The second-order valence-corrected chi connectivity index (χ2v) is 2.44. The van der Waals surface area contributed by atoms with Crippen molar-refractivity contribution < 1.29 is 14.3 Å². The predicted octanol–water partition coefficient (Wildman–Crippen LogP) is 0.728. The molecule has 1 aliphatic rings. The minimum atomic E-state index is -0.903. The number of ketones is 1. The number of ether oxygens (including phenoxy) is 2. The van der Waals surface area contributed by atoms with Gasteiger partial charge in [0.25, 0.3) is 0 Å². The summed E-state index contributed by atoms with van der Waals surface area (Å²) in [6.07, 6.45) is 2.15. The molecule has 0 bridgehead atoms. The lowest BCUT2D eigenvalue weighted by molar-refractivity contribution is -0.200. The van der Waals surface area contributed by atoms with E-state index < -0.39 is 5.79 Å². The Morgan fingerprint density at radius 2 is 2.00 bits per heavy atom. The van der Waals surface area contributed by atoms with Gasteiger partial charge in [-0.2, -0.15) is 0 Å². The van der Waals surface area contributed by atoms with Crippen LogP contribution in [0.5, 0.6) is 0 Å². The van der Waals surface area contributed by atoms with E-state index in [9.17, 15) is 4.79 Å². The van der Waals surface area contributed by atoms with Gasteiger partial charge in [0.1, 0.15) is 0 Å². The minimum absolute atomic E-state index is 0.0671. The molecule has 0 N–H and O–H groups in total. The Hall–Kier alpha value is -0.410. The van der Waals surface area contributed by atoms with Crippen molar-refractivity contribution in [3.8, 4) is 0 Å². The predicted molar refractivity (Wildman–Crippen MR) is 35.6 cm³/mol. The monoisotopic (exact) mass is 144 g/mol. The maximum atomic E-state index is 11.1. The van der Waals surface area contributed by atoms with E-state index in [2.05, 4.69) is 0 Å². The Bertz CT molecular complexity index is 138. The topological polar surface area (TPSA) is 35.5 Å². The molecule has 1 aliphatic carbocycles. The Balaban J connectivity index is 2.71. The molecule has 1 saturated carbocycles. The van der Waals surface area contributed by atoms with Crippen LogP contribution >= 0.6 is 0 Å². The van der Waals surface area contributed by atoms with Crippen LogP contribution in [-0.4, -0.2) is 25.8 Å². The van der Waals surface area contributed by atoms with Gasteiger partial charge in [0.05, 0.1) is 0 Å². The highest BCUT2D eigenvalue weighted by Crippen LogP contribution is 2.29. The highest BCUT2D eigenvalue weighted by atomic mass is 16.7. The van der Waals surface area contributed by atoms with Crippen molar-refractivity contribution in [2.24, 2.45) is 0 Å². The standard InChI is InChI=1S/C7H12O3/c1-9-7(10-2)5-3-4-6(7)8/h3-5H2,1-2H3. The number of methoxy groups -OCH3 is 2. The summed E-state index contributed by atoms with van der Waals surface area (Å²) in [4.78, 5) is 11.1. The molecule has 0 aromatic heterocycles. The quantitative estimate of drug-likeness (QED) is 0.536. The molecule has 3 nitrogen and oxygen atoms in total. The van der Waals surface area contributed by atoms with Crippen molar-refractivity contribution in [2.75, 3.05) is 14.2 Å². The largest absolute Gasteiger partial charge is 0.347 e. The third kappa shape index (κ3) is 0.954. The van der Waals surface area contributed by atoms with Gasteiger partial charge < -0.3 is 9.47 Å². The van der Waals surface area contributed by atoms with Crippen LogP contribution in [-0.2, 0) is 14.3 Å². The lowest BCUT2D eigenvalue weighted by Gasteiger charge is -2.22. The molecule has 0 aliphatic heterocycles. The summed E-state index contributed by atoms with van der Waals surface area (Å²) in [6.45, 7) is 0. The fourth-order valence-electron chi connectivity index (χ4n) is 1.33. The van der Waals surface area contributed by atoms with E-state index in [1.807, 2.05) is 0 Å². The van der Waals surface area contributed by atoms with E-state index in [0.29, 0.717) is 12.8 Å². The molecule has 0 saturated heterocycles. The van der Waals surface area contributed by atoms with Crippen LogP contribution in [0, 0.1) is 0 Å². The first-order valence-corrected chi connectivity index (χ1v) is 3.39. The van der Waals surface area contributed by atoms with Crippen LogP contribution in [0.25, 0.3) is 0 Å². The summed E-state index contributed by atoms with van der Waals surface area (Å²) >= 11 is 0. The number of Topliss-reactive ketones (excluding diaryl/α,β-unsaturated/α-hetero) is 1. The fraction of sp³-hybridized carbons (Fsp3) is 0.857. The van der Waals surface area contributed by atoms with Crippen molar-refractivity contribution in [2.45, 2.75) is 25.0 Å². The Morgan fingerprint density at radius 3 is 2.20 bits per heavy atom. The van der Waals surface area contributed by atoms with E-state index in [4.69, 9.17) is 9.47 Å². The van der Waals surface area contributed by atoms with Crippen LogP contribution in [0.4, 0.5) is 0 Å². The maximum absolute atomic E-state index is 11.1. The molecule has 0 radical (unpaired) electrons. The number of carbonyl (C=O) groups is 1. The average molecular weight is 144 g/mol. The van der Waals surface area contributed by atoms with Gasteiger partial charge in [-0.15, -0.1) is 0 Å². The molecule has 1 rings (SSSR count). The third-order valence-corrected chi connectivity index (χ3v) is 1.99. The summed E-state index contributed by atoms with van der Waals surface area (Å²) in [5, 5.41) is 0. The molecule has 0 amide bonds. The summed E-state index contributed by atoms with van der Waals surface area (Å²) in [7, 11) is 3.01. The number of rotatable bonds is 2. The molecule has 0 heterocycles. The molecule has 1 fully saturated rings. The van der Waals surface area contributed by atoms with Gasteiger partial charge in [-0.05, 0) is 6.42 Å². The van der Waals surface area contributed by atoms with Crippen molar-refractivity contribution >= 4 is 5.78 Å². The molecular weight excluding hydrogens is 132 g/mol. The molecule has 0 atom stereocenters. The molecule has 0 unspecified atom stereocenters. The second-order valence-electron chi connectivity index (χ2n) is 2.44. The Kier molecular flexibility index (Phi) is 2.06. The Labute approximate surface area is 60.3 Å². The van der Waals surface area contributed by atoms with Crippen molar-refractivity contribution in [3.63, 3.8) is 0 Å².